The first-order valence-corrected chi connectivity index (χ1v) is 18.4. The Labute approximate surface area is 261 Å². The van der Waals surface area contributed by atoms with Crippen LogP contribution in [0.3, 0.4) is 0 Å². The lowest BCUT2D eigenvalue weighted by atomic mass is 9.86. The summed E-state index contributed by atoms with van der Waals surface area (Å²) in [5.41, 5.74) is 6.11. The molecular formula is C32H49NO9P2. The molecule has 1 aromatic carbocycles. The van der Waals surface area contributed by atoms with Crippen molar-refractivity contribution >= 4 is 21.1 Å². The van der Waals surface area contributed by atoms with Crippen molar-refractivity contribution in [2.75, 3.05) is 0 Å². The minimum atomic E-state index is -5.17. The molecule has 0 amide bonds. The minimum Gasteiger partial charge on any atom is -0.487 e. The third kappa shape index (κ3) is 11.5. The summed E-state index contributed by atoms with van der Waals surface area (Å²) in [4.78, 5) is 53.6. The maximum atomic E-state index is 12.6. The highest BCUT2D eigenvalue weighted by atomic mass is 31.2. The molecule has 1 aliphatic heterocycles. The largest absolute Gasteiger partial charge is 0.487 e. The molecular weight excluding hydrogens is 604 g/mol. The van der Waals surface area contributed by atoms with Gasteiger partial charge in [0.1, 0.15) is 17.1 Å². The summed E-state index contributed by atoms with van der Waals surface area (Å²) >= 11 is 0. The second kappa shape index (κ2) is 16.3. The third-order valence-electron chi connectivity index (χ3n) is 8.06. The standard InChI is InChI=1S/C32H49NO9P2/c1-22(2)11-8-12-23(3)13-9-14-24(4)15-10-19-32(7)20-18-27-26(6)31(25(5)21-28(27)42-32)41-29(34)16-17-30(44(38,39)40)43(36,37)33-35/h11,13,15,21,30H,8-10,12,14,16-20H2,1-7H3,(H,36,37)(H2,38,39,40)/b23-13+,24-15+. The highest BCUT2D eigenvalue weighted by Gasteiger charge is 2.45. The van der Waals surface area contributed by atoms with Crippen LogP contribution in [0.15, 0.2) is 46.0 Å². The molecule has 0 aromatic heterocycles. The van der Waals surface area contributed by atoms with Gasteiger partial charge in [0.2, 0.25) is 0 Å². The fourth-order valence-electron chi connectivity index (χ4n) is 5.37. The van der Waals surface area contributed by atoms with E-state index in [1.807, 2.05) is 17.9 Å². The van der Waals surface area contributed by atoms with Crippen molar-refractivity contribution in [3.8, 4) is 11.5 Å². The van der Waals surface area contributed by atoms with Gasteiger partial charge in [-0.1, -0.05) is 34.9 Å². The number of esters is 1. The van der Waals surface area contributed by atoms with Gasteiger partial charge in [0, 0.05) is 16.9 Å². The summed E-state index contributed by atoms with van der Waals surface area (Å²) in [5, 5.41) is -2.26. The Morgan fingerprint density at radius 2 is 1.61 bits per heavy atom. The number of allylic oxidation sites excluding steroid dienone is 6. The molecule has 10 nitrogen and oxygen atoms in total. The zero-order valence-corrected chi connectivity index (χ0v) is 28.9. The maximum Gasteiger partial charge on any atom is 0.364 e. The van der Waals surface area contributed by atoms with Crippen LogP contribution in [0, 0.1) is 18.8 Å². The Morgan fingerprint density at radius 3 is 2.18 bits per heavy atom. The molecule has 1 heterocycles. The normalized spacial score (nSPS) is 19.3. The number of carbonyl (C=O) groups excluding carboxylic acids is 1. The van der Waals surface area contributed by atoms with Crippen LogP contribution in [0.4, 0.5) is 0 Å². The van der Waals surface area contributed by atoms with Crippen LogP contribution in [0.25, 0.3) is 0 Å². The number of fused-ring (bicyclic) bond motifs is 1. The molecule has 3 atom stereocenters. The van der Waals surface area contributed by atoms with E-state index in [-0.39, 0.29) is 5.60 Å². The smallest absolute Gasteiger partial charge is 0.364 e. The lowest BCUT2D eigenvalue weighted by Gasteiger charge is -2.37. The molecule has 0 spiro atoms. The maximum absolute atomic E-state index is 12.6. The highest BCUT2D eigenvalue weighted by molar-refractivity contribution is 7.73. The lowest BCUT2D eigenvalue weighted by molar-refractivity contribution is -0.134. The van der Waals surface area contributed by atoms with E-state index in [1.54, 1.807) is 6.92 Å². The predicted molar refractivity (Wildman–Crippen MR) is 174 cm³/mol. The number of nitrogens with zero attached hydrogens (tertiary/aromatic N) is 1. The van der Waals surface area contributed by atoms with E-state index in [4.69, 9.17) is 9.47 Å². The highest BCUT2D eigenvalue weighted by Crippen LogP contribution is 2.64. The zero-order valence-electron chi connectivity index (χ0n) is 27.1. The van der Waals surface area contributed by atoms with Gasteiger partial charge in [0.25, 0.3) is 0 Å². The van der Waals surface area contributed by atoms with Crippen LogP contribution in [-0.2, 0) is 20.3 Å². The van der Waals surface area contributed by atoms with E-state index in [9.17, 15) is 33.5 Å². The first-order chi connectivity index (χ1) is 20.4. The molecule has 2 rings (SSSR count). The fourth-order valence-corrected chi connectivity index (χ4v) is 8.10. The lowest BCUT2D eigenvalue weighted by Crippen LogP contribution is -2.36. The quantitative estimate of drug-likeness (QED) is 0.0521. The third-order valence-corrected chi connectivity index (χ3v) is 12.2. The summed E-state index contributed by atoms with van der Waals surface area (Å²) in [5.74, 6) is 0.204. The average Bonchev–Trinajstić information content (AvgIpc) is 2.89. The first-order valence-electron chi connectivity index (χ1n) is 15.1. The monoisotopic (exact) mass is 653 g/mol. The summed E-state index contributed by atoms with van der Waals surface area (Å²) < 4.78 is 35.5. The van der Waals surface area contributed by atoms with Crippen molar-refractivity contribution in [3.63, 3.8) is 0 Å². The number of ether oxygens (including phenoxy) is 2. The molecule has 246 valence electrons. The van der Waals surface area contributed by atoms with Crippen molar-refractivity contribution in [2.24, 2.45) is 4.95 Å². The number of carbonyl (C=O) groups is 1. The number of hydrogen-bond acceptors (Lipinski definition) is 6. The summed E-state index contributed by atoms with van der Waals surface area (Å²) in [6, 6.07) is 1.83. The van der Waals surface area contributed by atoms with Gasteiger partial charge in [-0.15, -0.1) is 4.91 Å². The van der Waals surface area contributed by atoms with E-state index in [0.717, 1.165) is 68.2 Å². The average molecular weight is 654 g/mol. The van der Waals surface area contributed by atoms with E-state index in [2.05, 4.69) is 52.8 Å². The Hall–Kier alpha value is -2.35. The van der Waals surface area contributed by atoms with Gasteiger partial charge in [0.05, 0.1) is 0 Å². The number of aryl methyl sites for hydroxylation is 1. The van der Waals surface area contributed by atoms with Gasteiger partial charge in [-0.3, -0.25) is 13.9 Å². The summed E-state index contributed by atoms with van der Waals surface area (Å²) in [6.45, 7) is 14.3. The fraction of sp³-hybridized carbons (Fsp3) is 0.594. The molecule has 0 saturated carbocycles. The second-order valence-corrected chi connectivity index (χ2v) is 16.6. The SMILES string of the molecule is CC(C)=CCC/C(C)=C/CC/C(C)=C/CCC1(C)CCc2c(cc(C)c(OC(=O)CCC(P(=O)(O)O)P(=O)(O)N=O)c2C)O1. The molecule has 0 bridgehead atoms. The molecule has 0 radical (unpaired) electrons. The Bertz CT molecular complexity index is 1390. The molecule has 44 heavy (non-hydrogen) atoms. The molecule has 3 unspecified atom stereocenters. The van der Waals surface area contributed by atoms with Crippen molar-refractivity contribution < 1.29 is 38.1 Å². The summed E-state index contributed by atoms with van der Waals surface area (Å²) in [7, 11) is -10.2. The predicted octanol–water partition coefficient (Wildman–Crippen LogP) is 8.73. The Kier molecular flexibility index (Phi) is 14.0. The van der Waals surface area contributed by atoms with Crippen LogP contribution in [0.5, 0.6) is 11.5 Å². The minimum absolute atomic E-state index is 0.314. The van der Waals surface area contributed by atoms with Crippen LogP contribution >= 0.6 is 15.1 Å². The summed E-state index contributed by atoms with van der Waals surface area (Å²) in [6.07, 6.45) is 13.1. The van der Waals surface area contributed by atoms with E-state index >= 15 is 0 Å². The molecule has 0 aliphatic carbocycles. The Balaban J connectivity index is 1.99. The van der Waals surface area contributed by atoms with E-state index in [1.165, 1.54) is 16.7 Å². The van der Waals surface area contributed by atoms with Crippen LogP contribution < -0.4 is 9.47 Å². The van der Waals surface area contributed by atoms with Gasteiger partial charge in [0.15, 0.2) is 5.40 Å². The molecule has 1 aromatic rings. The number of benzene rings is 1. The molecule has 12 heteroatoms. The van der Waals surface area contributed by atoms with Gasteiger partial charge >= 0.3 is 21.1 Å². The molecule has 0 saturated heterocycles. The number of nitroso groups, excluding NO2 is 1. The van der Waals surface area contributed by atoms with Gasteiger partial charge in [-0.25, -0.2) is 0 Å². The molecule has 0 fully saturated rings. The first kappa shape index (κ1) is 37.8. The van der Waals surface area contributed by atoms with Crippen LogP contribution in [0.1, 0.15) is 109 Å². The van der Waals surface area contributed by atoms with Gasteiger partial charge in [-0.05, 0) is 123 Å². The van der Waals surface area contributed by atoms with Gasteiger partial charge in [-0.2, -0.15) is 0 Å². The Morgan fingerprint density at radius 1 is 1.02 bits per heavy atom. The number of hydrogen-bond donors (Lipinski definition) is 3. The second-order valence-electron chi connectivity index (χ2n) is 12.4. The van der Waals surface area contributed by atoms with Crippen LogP contribution in [-0.4, -0.2) is 31.7 Å². The van der Waals surface area contributed by atoms with Gasteiger partial charge < -0.3 is 24.2 Å². The zero-order chi connectivity index (χ0) is 33.3. The van der Waals surface area contributed by atoms with Crippen LogP contribution in [0.2, 0.25) is 0 Å². The number of rotatable bonds is 16. The van der Waals surface area contributed by atoms with Crippen molar-refractivity contribution in [1.29, 1.82) is 0 Å². The molecule has 3 N–H and O–H groups in total. The van der Waals surface area contributed by atoms with E-state index in [0.29, 0.717) is 11.3 Å². The van der Waals surface area contributed by atoms with Crippen molar-refractivity contribution in [1.82, 2.24) is 0 Å². The molecule has 1 aliphatic rings. The van der Waals surface area contributed by atoms with Crippen molar-refractivity contribution in [3.05, 3.63) is 62.6 Å². The topological polar surface area (TPSA) is 160 Å². The van der Waals surface area contributed by atoms with E-state index < -0.39 is 39.3 Å². The van der Waals surface area contributed by atoms with Crippen molar-refractivity contribution in [2.45, 2.75) is 124 Å².